The molecule has 2 unspecified atom stereocenters. The van der Waals surface area contributed by atoms with E-state index >= 15 is 0 Å². The zero-order chi connectivity index (χ0) is 15.0. The van der Waals surface area contributed by atoms with Crippen LogP contribution in [0.25, 0.3) is 0 Å². The van der Waals surface area contributed by atoms with Crippen molar-refractivity contribution in [2.75, 3.05) is 26.3 Å². The van der Waals surface area contributed by atoms with Crippen LogP contribution in [0.2, 0.25) is 0 Å². The van der Waals surface area contributed by atoms with Gasteiger partial charge in [-0.25, -0.2) is 9.59 Å². The highest BCUT2D eigenvalue weighted by Gasteiger charge is 2.38. The van der Waals surface area contributed by atoms with Crippen molar-refractivity contribution in [2.45, 2.75) is 44.8 Å². The van der Waals surface area contributed by atoms with Crippen molar-refractivity contribution in [3.05, 3.63) is 0 Å². The normalized spacial score (nSPS) is 22.0. The van der Waals surface area contributed by atoms with Crippen LogP contribution in [0.5, 0.6) is 0 Å². The van der Waals surface area contributed by atoms with Gasteiger partial charge >= 0.3 is 12.0 Å². The number of nitrogens with zero attached hydrogens (tertiary/aromatic N) is 1. The second kappa shape index (κ2) is 8.76. The molecule has 7 heteroatoms. The van der Waals surface area contributed by atoms with Crippen LogP contribution < -0.4 is 5.32 Å². The summed E-state index contributed by atoms with van der Waals surface area (Å²) in [6, 6.07) is -1.38. The third kappa shape index (κ3) is 5.34. The molecule has 0 saturated carbocycles. The van der Waals surface area contributed by atoms with E-state index in [9.17, 15) is 14.7 Å². The highest BCUT2D eigenvalue weighted by atomic mass is 16.5. The fourth-order valence-corrected chi connectivity index (χ4v) is 2.09. The number of ether oxygens (including phenoxy) is 1. The molecule has 1 aliphatic rings. The zero-order valence-corrected chi connectivity index (χ0v) is 11.9. The van der Waals surface area contributed by atoms with Gasteiger partial charge in [0.1, 0.15) is 6.04 Å². The van der Waals surface area contributed by atoms with E-state index in [2.05, 4.69) is 12.2 Å². The summed E-state index contributed by atoms with van der Waals surface area (Å²) in [5.74, 6) is -1.08. The summed E-state index contributed by atoms with van der Waals surface area (Å²) in [5.41, 5.74) is 0. The van der Waals surface area contributed by atoms with Crippen LogP contribution in [0.4, 0.5) is 4.79 Å². The number of urea groups is 1. The van der Waals surface area contributed by atoms with E-state index in [4.69, 9.17) is 9.84 Å². The minimum Gasteiger partial charge on any atom is -0.480 e. The van der Waals surface area contributed by atoms with Crippen molar-refractivity contribution < 1.29 is 24.5 Å². The van der Waals surface area contributed by atoms with E-state index in [0.29, 0.717) is 19.6 Å². The lowest BCUT2D eigenvalue weighted by molar-refractivity contribution is -0.141. The number of nitrogens with one attached hydrogen (secondary N) is 1. The first-order valence-electron chi connectivity index (χ1n) is 7.09. The number of carbonyl (C=O) groups is 2. The Morgan fingerprint density at radius 2 is 2.05 bits per heavy atom. The van der Waals surface area contributed by atoms with Crippen molar-refractivity contribution in [1.29, 1.82) is 0 Å². The van der Waals surface area contributed by atoms with Crippen molar-refractivity contribution >= 4 is 12.0 Å². The minimum absolute atomic E-state index is 0.0653. The van der Waals surface area contributed by atoms with Gasteiger partial charge in [0, 0.05) is 32.7 Å². The number of aliphatic carboxylic acids is 1. The number of hydrogen-bond donors (Lipinski definition) is 3. The van der Waals surface area contributed by atoms with Gasteiger partial charge in [-0.2, -0.15) is 0 Å². The molecule has 0 aromatic heterocycles. The predicted molar refractivity (Wildman–Crippen MR) is 72.5 cm³/mol. The molecule has 0 spiro atoms. The highest BCUT2D eigenvalue weighted by molar-refractivity contribution is 5.83. The van der Waals surface area contributed by atoms with Gasteiger partial charge in [-0.15, -0.1) is 0 Å². The number of unbranched alkanes of at least 4 members (excludes halogenated alkanes) is 1. The Kier molecular flexibility index (Phi) is 7.32. The fourth-order valence-electron chi connectivity index (χ4n) is 2.09. The van der Waals surface area contributed by atoms with Gasteiger partial charge in [-0.05, 0) is 12.8 Å². The molecule has 1 saturated heterocycles. The van der Waals surface area contributed by atoms with Gasteiger partial charge < -0.3 is 25.2 Å². The quantitative estimate of drug-likeness (QED) is 0.562. The van der Waals surface area contributed by atoms with Crippen molar-refractivity contribution in [1.82, 2.24) is 10.2 Å². The van der Waals surface area contributed by atoms with Crippen molar-refractivity contribution in [2.24, 2.45) is 0 Å². The predicted octanol–water partition coefficient (Wildman–Crippen LogP) is 0.423. The molecule has 7 nitrogen and oxygen atoms in total. The molecule has 2 atom stereocenters. The maximum atomic E-state index is 11.8. The smallest absolute Gasteiger partial charge is 0.326 e. The molecule has 2 amide bonds. The minimum atomic E-state index is -1.08. The number of carboxylic acids is 1. The summed E-state index contributed by atoms with van der Waals surface area (Å²) in [4.78, 5) is 24.0. The molecule has 0 aromatic rings. The Bertz CT molecular complexity index is 324. The SMILES string of the molecule is CCCCOCCCNC(=O)N1CC(O)CC1C(=O)O. The standard InChI is InChI=1S/C13H24N2O5/c1-2-3-6-20-7-4-5-14-13(19)15-9-10(16)8-11(15)12(17)18/h10-11,16H,2-9H2,1H3,(H,14,19)(H,17,18). The lowest BCUT2D eigenvalue weighted by Crippen LogP contribution is -2.46. The second-order valence-electron chi connectivity index (χ2n) is 4.95. The summed E-state index contributed by atoms with van der Waals surface area (Å²) < 4.78 is 5.36. The summed E-state index contributed by atoms with van der Waals surface area (Å²) in [6.45, 7) is 3.89. The van der Waals surface area contributed by atoms with Crippen LogP contribution in [-0.4, -0.2) is 65.6 Å². The van der Waals surface area contributed by atoms with Gasteiger partial charge in [0.25, 0.3) is 0 Å². The fraction of sp³-hybridized carbons (Fsp3) is 0.846. The molecule has 0 bridgehead atoms. The Morgan fingerprint density at radius 3 is 2.70 bits per heavy atom. The average molecular weight is 288 g/mol. The van der Waals surface area contributed by atoms with Crippen LogP contribution >= 0.6 is 0 Å². The maximum absolute atomic E-state index is 11.8. The molecule has 1 aliphatic heterocycles. The van der Waals surface area contributed by atoms with Gasteiger partial charge in [0.15, 0.2) is 0 Å². The van der Waals surface area contributed by atoms with E-state index in [1.165, 1.54) is 4.90 Å². The summed E-state index contributed by atoms with van der Waals surface area (Å²) in [5, 5.41) is 21.1. The molecule has 20 heavy (non-hydrogen) atoms. The van der Waals surface area contributed by atoms with Gasteiger partial charge in [-0.1, -0.05) is 13.3 Å². The average Bonchev–Trinajstić information content (AvgIpc) is 2.80. The number of likely N-dealkylation sites (tertiary alicyclic amines) is 1. The Labute approximate surface area is 118 Å². The van der Waals surface area contributed by atoms with E-state index in [-0.39, 0.29) is 13.0 Å². The second-order valence-corrected chi connectivity index (χ2v) is 4.95. The van der Waals surface area contributed by atoms with E-state index < -0.39 is 24.1 Å². The molecule has 3 N–H and O–H groups in total. The third-order valence-electron chi connectivity index (χ3n) is 3.21. The molecule has 0 aliphatic carbocycles. The number of hydrogen-bond acceptors (Lipinski definition) is 4. The Balaban J connectivity index is 2.20. The zero-order valence-electron chi connectivity index (χ0n) is 11.9. The van der Waals surface area contributed by atoms with Crippen LogP contribution in [0.3, 0.4) is 0 Å². The Hall–Kier alpha value is -1.34. The third-order valence-corrected chi connectivity index (χ3v) is 3.21. The molecule has 116 valence electrons. The van der Waals surface area contributed by atoms with Crippen LogP contribution in [-0.2, 0) is 9.53 Å². The summed E-state index contributed by atoms with van der Waals surface area (Å²) in [7, 11) is 0. The highest BCUT2D eigenvalue weighted by Crippen LogP contribution is 2.17. The monoisotopic (exact) mass is 288 g/mol. The summed E-state index contributed by atoms with van der Waals surface area (Å²) >= 11 is 0. The molecule has 1 fully saturated rings. The van der Waals surface area contributed by atoms with Crippen molar-refractivity contribution in [3.63, 3.8) is 0 Å². The van der Waals surface area contributed by atoms with Crippen LogP contribution in [0.15, 0.2) is 0 Å². The summed E-state index contributed by atoms with van der Waals surface area (Å²) in [6.07, 6.45) is 2.12. The van der Waals surface area contributed by atoms with E-state index in [0.717, 1.165) is 19.4 Å². The topological polar surface area (TPSA) is 99.1 Å². The molecule has 0 aromatic carbocycles. The maximum Gasteiger partial charge on any atom is 0.326 e. The first kappa shape index (κ1) is 16.7. The number of rotatable bonds is 8. The number of carbonyl (C=O) groups excluding carboxylic acids is 1. The first-order valence-corrected chi connectivity index (χ1v) is 7.09. The number of β-amino-alcohol motifs (C(OH)–C–C–N with tert-alkyl or cyclic N) is 1. The molecule has 0 radical (unpaired) electrons. The van der Waals surface area contributed by atoms with Crippen LogP contribution in [0.1, 0.15) is 32.6 Å². The molecule has 1 heterocycles. The van der Waals surface area contributed by atoms with Gasteiger partial charge in [-0.3, -0.25) is 0 Å². The van der Waals surface area contributed by atoms with E-state index in [1.807, 2.05) is 0 Å². The lowest BCUT2D eigenvalue weighted by atomic mass is 10.2. The van der Waals surface area contributed by atoms with Gasteiger partial charge in [0.2, 0.25) is 0 Å². The van der Waals surface area contributed by atoms with E-state index in [1.54, 1.807) is 0 Å². The first-order chi connectivity index (χ1) is 9.56. The lowest BCUT2D eigenvalue weighted by Gasteiger charge is -2.21. The molecule has 1 rings (SSSR count). The Morgan fingerprint density at radius 1 is 1.35 bits per heavy atom. The number of carboxylic acid groups (broad SMARTS) is 1. The van der Waals surface area contributed by atoms with Crippen molar-refractivity contribution in [3.8, 4) is 0 Å². The molecular weight excluding hydrogens is 264 g/mol. The number of aliphatic hydroxyl groups is 1. The number of amides is 2. The number of aliphatic hydroxyl groups excluding tert-OH is 1. The molecular formula is C13H24N2O5. The largest absolute Gasteiger partial charge is 0.480 e. The van der Waals surface area contributed by atoms with Crippen LogP contribution in [0, 0.1) is 0 Å². The van der Waals surface area contributed by atoms with Gasteiger partial charge in [0.05, 0.1) is 6.10 Å².